The highest BCUT2D eigenvalue weighted by Gasteiger charge is 2.14. The maximum Gasteiger partial charge on any atom is 0.0596 e. The van der Waals surface area contributed by atoms with E-state index in [0.717, 1.165) is 25.2 Å². The first-order valence-corrected chi connectivity index (χ1v) is 7.37. The van der Waals surface area contributed by atoms with Crippen LogP contribution < -0.4 is 5.32 Å². The first-order valence-electron chi connectivity index (χ1n) is 7.37. The third kappa shape index (κ3) is 3.70. The molecule has 0 aliphatic heterocycles. The van der Waals surface area contributed by atoms with Crippen LogP contribution in [-0.4, -0.2) is 22.9 Å². The second kappa shape index (κ2) is 6.71. The number of nitrogens with one attached hydrogen (secondary N) is 1. The van der Waals surface area contributed by atoms with Gasteiger partial charge in [-0.3, -0.25) is 4.68 Å². The first kappa shape index (κ1) is 14.8. The standard InChI is InChI=1S/C17H25N3/c1-5-18-12-16(15-8-6-7-13(2)9-15)11-17-10-14(3)19-20(17)4/h6-10,16,18H,5,11-12H2,1-4H3. The highest BCUT2D eigenvalue weighted by molar-refractivity contribution is 5.27. The van der Waals surface area contributed by atoms with Crippen LogP contribution in [0.25, 0.3) is 0 Å². The summed E-state index contributed by atoms with van der Waals surface area (Å²) < 4.78 is 2.00. The summed E-state index contributed by atoms with van der Waals surface area (Å²) in [6.07, 6.45) is 1.02. The molecule has 1 aromatic carbocycles. The quantitative estimate of drug-likeness (QED) is 0.875. The van der Waals surface area contributed by atoms with E-state index in [1.54, 1.807) is 0 Å². The third-order valence-electron chi connectivity index (χ3n) is 3.71. The zero-order valence-electron chi connectivity index (χ0n) is 13.0. The van der Waals surface area contributed by atoms with Crippen LogP contribution in [0.1, 0.15) is 35.4 Å². The molecule has 0 fully saturated rings. The Hall–Kier alpha value is -1.61. The van der Waals surface area contributed by atoms with Gasteiger partial charge in [-0.2, -0.15) is 5.10 Å². The van der Waals surface area contributed by atoms with Crippen molar-refractivity contribution in [2.24, 2.45) is 7.05 Å². The van der Waals surface area contributed by atoms with Crippen molar-refractivity contribution in [3.8, 4) is 0 Å². The second-order valence-electron chi connectivity index (χ2n) is 5.52. The fourth-order valence-corrected chi connectivity index (χ4v) is 2.66. The van der Waals surface area contributed by atoms with Crippen molar-refractivity contribution in [2.75, 3.05) is 13.1 Å². The monoisotopic (exact) mass is 271 g/mol. The summed E-state index contributed by atoms with van der Waals surface area (Å²) in [5.41, 5.74) is 5.12. The van der Waals surface area contributed by atoms with Gasteiger partial charge in [0.15, 0.2) is 0 Å². The zero-order valence-corrected chi connectivity index (χ0v) is 13.0. The Morgan fingerprint density at radius 2 is 2.05 bits per heavy atom. The smallest absolute Gasteiger partial charge is 0.0596 e. The molecule has 3 heteroatoms. The van der Waals surface area contributed by atoms with Gasteiger partial charge in [-0.25, -0.2) is 0 Å². The summed E-state index contributed by atoms with van der Waals surface area (Å²) in [6, 6.07) is 11.0. The molecule has 1 aromatic heterocycles. The van der Waals surface area contributed by atoms with Crippen LogP contribution in [0.3, 0.4) is 0 Å². The first-order chi connectivity index (χ1) is 9.60. The van der Waals surface area contributed by atoms with Gasteiger partial charge in [-0.15, -0.1) is 0 Å². The minimum Gasteiger partial charge on any atom is -0.316 e. The number of aromatic nitrogens is 2. The van der Waals surface area contributed by atoms with Gasteiger partial charge in [-0.1, -0.05) is 36.8 Å². The molecular weight excluding hydrogens is 246 g/mol. The molecule has 0 bridgehead atoms. The van der Waals surface area contributed by atoms with E-state index in [2.05, 4.69) is 61.5 Å². The molecule has 0 saturated carbocycles. The lowest BCUT2D eigenvalue weighted by Gasteiger charge is -2.18. The van der Waals surface area contributed by atoms with Crippen LogP contribution in [0.15, 0.2) is 30.3 Å². The summed E-state index contributed by atoms with van der Waals surface area (Å²) in [4.78, 5) is 0. The Kier molecular flexibility index (Phi) is 4.96. The van der Waals surface area contributed by atoms with E-state index in [1.165, 1.54) is 16.8 Å². The van der Waals surface area contributed by atoms with Crippen LogP contribution in [0.2, 0.25) is 0 Å². The number of likely N-dealkylation sites (N-methyl/N-ethyl adjacent to an activating group) is 1. The van der Waals surface area contributed by atoms with Crippen molar-refractivity contribution in [3.05, 3.63) is 52.8 Å². The van der Waals surface area contributed by atoms with Crippen LogP contribution in [-0.2, 0) is 13.5 Å². The lowest BCUT2D eigenvalue weighted by Crippen LogP contribution is -2.23. The topological polar surface area (TPSA) is 29.9 Å². The summed E-state index contributed by atoms with van der Waals surface area (Å²) in [6.45, 7) is 8.37. The lowest BCUT2D eigenvalue weighted by molar-refractivity contribution is 0.570. The Bertz CT molecular complexity index is 557. The van der Waals surface area contributed by atoms with E-state index in [9.17, 15) is 0 Å². The van der Waals surface area contributed by atoms with E-state index in [4.69, 9.17) is 0 Å². The largest absolute Gasteiger partial charge is 0.316 e. The molecule has 1 atom stereocenters. The van der Waals surface area contributed by atoms with Crippen LogP contribution in [0, 0.1) is 13.8 Å². The summed E-state index contributed by atoms with van der Waals surface area (Å²) >= 11 is 0. The van der Waals surface area contributed by atoms with E-state index in [1.807, 2.05) is 11.7 Å². The van der Waals surface area contributed by atoms with Crippen molar-refractivity contribution in [3.63, 3.8) is 0 Å². The SMILES string of the molecule is CCNCC(Cc1cc(C)nn1C)c1cccc(C)c1. The molecule has 1 heterocycles. The summed E-state index contributed by atoms with van der Waals surface area (Å²) in [7, 11) is 2.03. The van der Waals surface area contributed by atoms with Gasteiger partial charge in [-0.05, 0) is 38.4 Å². The number of aryl methyl sites for hydroxylation is 3. The Balaban J connectivity index is 2.21. The van der Waals surface area contributed by atoms with Gasteiger partial charge in [0.25, 0.3) is 0 Å². The molecule has 0 aliphatic rings. The Morgan fingerprint density at radius 1 is 1.25 bits per heavy atom. The Labute approximate surface area is 122 Å². The zero-order chi connectivity index (χ0) is 14.5. The Morgan fingerprint density at radius 3 is 2.65 bits per heavy atom. The molecule has 1 N–H and O–H groups in total. The number of benzene rings is 1. The predicted molar refractivity (Wildman–Crippen MR) is 84.1 cm³/mol. The van der Waals surface area contributed by atoms with E-state index in [0.29, 0.717) is 5.92 Å². The third-order valence-corrected chi connectivity index (χ3v) is 3.71. The molecular formula is C17H25N3. The molecule has 0 spiro atoms. The molecule has 3 nitrogen and oxygen atoms in total. The molecule has 0 amide bonds. The van der Waals surface area contributed by atoms with Crippen molar-refractivity contribution in [1.29, 1.82) is 0 Å². The van der Waals surface area contributed by atoms with Gasteiger partial charge in [0, 0.05) is 25.2 Å². The van der Waals surface area contributed by atoms with Gasteiger partial charge in [0.05, 0.1) is 5.69 Å². The molecule has 108 valence electrons. The van der Waals surface area contributed by atoms with Gasteiger partial charge in [0.2, 0.25) is 0 Å². The fourth-order valence-electron chi connectivity index (χ4n) is 2.66. The average Bonchev–Trinajstić information content (AvgIpc) is 2.72. The van der Waals surface area contributed by atoms with Crippen LogP contribution in [0.4, 0.5) is 0 Å². The van der Waals surface area contributed by atoms with Crippen molar-refractivity contribution in [1.82, 2.24) is 15.1 Å². The predicted octanol–water partition coefficient (Wildman–Crippen LogP) is 2.97. The van der Waals surface area contributed by atoms with Crippen LogP contribution >= 0.6 is 0 Å². The number of hydrogen-bond donors (Lipinski definition) is 1. The highest BCUT2D eigenvalue weighted by atomic mass is 15.3. The number of nitrogens with zero attached hydrogens (tertiary/aromatic N) is 2. The molecule has 0 aliphatic carbocycles. The number of hydrogen-bond acceptors (Lipinski definition) is 2. The van der Waals surface area contributed by atoms with Crippen LogP contribution in [0.5, 0.6) is 0 Å². The molecule has 0 saturated heterocycles. The minimum absolute atomic E-state index is 0.490. The number of rotatable bonds is 6. The van der Waals surface area contributed by atoms with Gasteiger partial charge >= 0.3 is 0 Å². The fraction of sp³-hybridized carbons (Fsp3) is 0.471. The molecule has 2 rings (SSSR count). The van der Waals surface area contributed by atoms with E-state index >= 15 is 0 Å². The highest BCUT2D eigenvalue weighted by Crippen LogP contribution is 2.21. The van der Waals surface area contributed by atoms with Crippen molar-refractivity contribution >= 4 is 0 Å². The van der Waals surface area contributed by atoms with Crippen molar-refractivity contribution in [2.45, 2.75) is 33.1 Å². The summed E-state index contributed by atoms with van der Waals surface area (Å²) in [5.74, 6) is 0.490. The molecule has 20 heavy (non-hydrogen) atoms. The van der Waals surface area contributed by atoms with E-state index in [-0.39, 0.29) is 0 Å². The maximum atomic E-state index is 4.45. The second-order valence-corrected chi connectivity index (χ2v) is 5.52. The summed E-state index contributed by atoms with van der Waals surface area (Å²) in [5, 5.41) is 7.94. The molecule has 1 unspecified atom stereocenters. The minimum atomic E-state index is 0.490. The van der Waals surface area contributed by atoms with Crippen molar-refractivity contribution < 1.29 is 0 Å². The maximum absolute atomic E-state index is 4.45. The molecule has 2 aromatic rings. The normalized spacial score (nSPS) is 12.6. The lowest BCUT2D eigenvalue weighted by atomic mass is 9.93. The molecule has 0 radical (unpaired) electrons. The van der Waals surface area contributed by atoms with Gasteiger partial charge < -0.3 is 5.32 Å². The average molecular weight is 271 g/mol. The van der Waals surface area contributed by atoms with Gasteiger partial charge in [0.1, 0.15) is 0 Å². The van der Waals surface area contributed by atoms with E-state index < -0.39 is 0 Å².